The normalized spacial score (nSPS) is 14.5. The number of aromatic nitrogens is 1. The lowest BCUT2D eigenvalue weighted by Gasteiger charge is -2.35. The summed E-state index contributed by atoms with van der Waals surface area (Å²) < 4.78 is 5.97. The zero-order valence-corrected chi connectivity index (χ0v) is 17.3. The van der Waals surface area contributed by atoms with E-state index in [4.69, 9.17) is 4.74 Å². The van der Waals surface area contributed by atoms with E-state index in [2.05, 4.69) is 11.6 Å². The van der Waals surface area contributed by atoms with Gasteiger partial charge in [-0.3, -0.25) is 9.59 Å². The van der Waals surface area contributed by atoms with Crippen molar-refractivity contribution in [2.24, 2.45) is 0 Å². The van der Waals surface area contributed by atoms with Crippen molar-refractivity contribution in [3.8, 4) is 5.75 Å². The van der Waals surface area contributed by atoms with Gasteiger partial charge in [0.05, 0.1) is 4.70 Å². The van der Waals surface area contributed by atoms with Crippen molar-refractivity contribution in [3.63, 3.8) is 0 Å². The Morgan fingerprint density at radius 2 is 2.00 bits per heavy atom. The number of hydrogen-bond donors (Lipinski definition) is 3. The van der Waals surface area contributed by atoms with E-state index in [1.54, 1.807) is 11.0 Å². The molecule has 1 aromatic heterocycles. The number of phenols is 1. The number of carbonyl (C=O) groups excluding carboxylic acids is 1. The van der Waals surface area contributed by atoms with Gasteiger partial charge in [0.25, 0.3) is 0 Å². The molecule has 1 aliphatic heterocycles. The van der Waals surface area contributed by atoms with Gasteiger partial charge in [-0.1, -0.05) is 24.0 Å². The molecule has 2 amide bonds. The maximum atomic E-state index is 12.3. The van der Waals surface area contributed by atoms with Crippen LogP contribution in [0.25, 0.3) is 10.2 Å². The number of nitrogens with one attached hydrogen (secondary N) is 1. The summed E-state index contributed by atoms with van der Waals surface area (Å²) in [6.45, 7) is 5.33. The number of carbonyl (C=O) groups is 2. The first-order valence-electron chi connectivity index (χ1n) is 9.73. The van der Waals surface area contributed by atoms with Crippen LogP contribution in [-0.2, 0) is 16.0 Å². The number of aromatic amines is 1. The third kappa shape index (κ3) is 5.00. The van der Waals surface area contributed by atoms with Crippen molar-refractivity contribution in [1.29, 1.82) is 0 Å². The largest absolute Gasteiger partial charge is 0.506 e. The number of rotatable bonds is 8. The van der Waals surface area contributed by atoms with Crippen LogP contribution in [0.2, 0.25) is 0 Å². The average Bonchev–Trinajstić information content (AvgIpc) is 3.14. The Hall–Kier alpha value is -2.85. The third-order valence-electron chi connectivity index (χ3n) is 5.26. The van der Waals surface area contributed by atoms with Crippen molar-refractivity contribution >= 4 is 33.6 Å². The number of fused-ring (bicyclic) bond motifs is 1. The number of ether oxygens (including phenoxy) is 1. The summed E-state index contributed by atoms with van der Waals surface area (Å²) in [7, 11) is 0. The van der Waals surface area contributed by atoms with Crippen LogP contribution in [0.15, 0.2) is 29.6 Å². The van der Waals surface area contributed by atoms with Crippen LogP contribution in [0.5, 0.6) is 5.75 Å². The molecule has 3 rings (SSSR count). The average molecular weight is 436 g/mol. The van der Waals surface area contributed by atoms with Crippen LogP contribution >= 0.6 is 11.3 Å². The lowest BCUT2D eigenvalue weighted by molar-refractivity contribution is -0.130. The Morgan fingerprint density at radius 1 is 1.27 bits per heavy atom. The number of benzene rings is 1. The smallest absolute Gasteiger partial charge is 0.407 e. The first kappa shape index (κ1) is 21.8. The second-order valence-electron chi connectivity index (χ2n) is 7.06. The lowest BCUT2D eigenvalue weighted by atomic mass is 10.1. The minimum atomic E-state index is -1.08. The molecule has 0 bridgehead atoms. The molecule has 1 fully saturated rings. The number of H-pyrrole nitrogens is 1. The van der Waals surface area contributed by atoms with Crippen molar-refractivity contribution < 1.29 is 24.5 Å². The van der Waals surface area contributed by atoms with Gasteiger partial charge >= 0.3 is 11.0 Å². The molecule has 2 aromatic rings. The molecule has 0 radical (unpaired) electrons. The van der Waals surface area contributed by atoms with E-state index < -0.39 is 6.09 Å². The van der Waals surface area contributed by atoms with E-state index in [0.717, 1.165) is 16.9 Å². The fourth-order valence-corrected chi connectivity index (χ4v) is 4.54. The molecule has 1 saturated heterocycles. The summed E-state index contributed by atoms with van der Waals surface area (Å²) in [6.07, 6.45) is 1.98. The highest BCUT2D eigenvalue weighted by Gasteiger charge is 2.25. The molecule has 0 atom stereocenters. The van der Waals surface area contributed by atoms with E-state index in [9.17, 15) is 24.6 Å². The Morgan fingerprint density at radius 3 is 2.67 bits per heavy atom. The van der Waals surface area contributed by atoms with Gasteiger partial charge in [-0.15, -0.1) is 0 Å². The quantitative estimate of drug-likeness (QED) is 0.545. The van der Waals surface area contributed by atoms with Gasteiger partial charge in [0.1, 0.15) is 11.3 Å². The summed E-state index contributed by atoms with van der Waals surface area (Å²) in [5, 5.41) is 19.5. The molecule has 9 nitrogen and oxygen atoms in total. The number of aromatic hydroxyl groups is 1. The SMILES string of the molecule is C=CC(=O)N(CCN(CCc1ccc(O)c2[nH]c(=O)sc12)C(=O)O)C1CCOCC1. The zero-order chi connectivity index (χ0) is 21.7. The second kappa shape index (κ2) is 9.77. The topological polar surface area (TPSA) is 123 Å². The molecule has 2 heterocycles. The first-order chi connectivity index (χ1) is 14.4. The summed E-state index contributed by atoms with van der Waals surface area (Å²) in [5.74, 6) is -0.234. The Kier molecular flexibility index (Phi) is 7.11. The highest BCUT2D eigenvalue weighted by Crippen LogP contribution is 2.28. The third-order valence-corrected chi connectivity index (χ3v) is 6.22. The molecule has 1 aliphatic rings. The standard InChI is InChI=1S/C20H25N3O6S/c1-2-16(25)23(14-6-11-29-12-7-14)10-9-22(20(27)28)8-5-13-3-4-15(24)17-18(13)30-19(26)21-17/h2-4,14,24H,1,5-12H2,(H,21,26)(H,27,28). The first-order valence-corrected chi connectivity index (χ1v) is 10.5. The predicted octanol–water partition coefficient (Wildman–Crippen LogP) is 2.01. The van der Waals surface area contributed by atoms with E-state index in [0.29, 0.717) is 42.7 Å². The van der Waals surface area contributed by atoms with Crippen molar-refractivity contribution in [1.82, 2.24) is 14.8 Å². The molecule has 3 N–H and O–H groups in total. The summed E-state index contributed by atoms with van der Waals surface area (Å²) in [4.78, 5) is 41.0. The predicted molar refractivity (Wildman–Crippen MR) is 113 cm³/mol. The Bertz CT molecular complexity index is 979. The number of hydrogen-bond acceptors (Lipinski definition) is 6. The van der Waals surface area contributed by atoms with E-state index >= 15 is 0 Å². The Labute approximate surface area is 177 Å². The van der Waals surface area contributed by atoms with Gasteiger partial charge < -0.3 is 29.7 Å². The molecule has 1 aromatic carbocycles. The van der Waals surface area contributed by atoms with Gasteiger partial charge in [0.15, 0.2) is 0 Å². The van der Waals surface area contributed by atoms with Crippen LogP contribution in [0.4, 0.5) is 4.79 Å². The highest BCUT2D eigenvalue weighted by atomic mass is 32.1. The summed E-state index contributed by atoms with van der Waals surface area (Å²) >= 11 is 0.984. The second-order valence-corrected chi connectivity index (χ2v) is 8.04. The van der Waals surface area contributed by atoms with Crippen molar-refractivity contribution in [2.45, 2.75) is 25.3 Å². The lowest BCUT2D eigenvalue weighted by Crippen LogP contribution is -2.47. The Balaban J connectivity index is 1.68. The van der Waals surface area contributed by atoms with Crippen LogP contribution in [0.1, 0.15) is 18.4 Å². The van der Waals surface area contributed by atoms with Gasteiger partial charge in [0, 0.05) is 38.9 Å². The van der Waals surface area contributed by atoms with Gasteiger partial charge in [0.2, 0.25) is 5.91 Å². The van der Waals surface area contributed by atoms with Crippen molar-refractivity contribution in [3.05, 3.63) is 40.0 Å². The van der Waals surface area contributed by atoms with Gasteiger partial charge in [-0.2, -0.15) is 0 Å². The summed E-state index contributed by atoms with van der Waals surface area (Å²) in [6, 6.07) is 3.19. The molecular weight excluding hydrogens is 410 g/mol. The molecule has 10 heteroatoms. The fourth-order valence-electron chi connectivity index (χ4n) is 3.64. The molecular formula is C20H25N3O6S. The maximum absolute atomic E-state index is 12.3. The fraction of sp³-hybridized carbons (Fsp3) is 0.450. The molecule has 0 aliphatic carbocycles. The van der Waals surface area contributed by atoms with Crippen molar-refractivity contribution in [2.75, 3.05) is 32.8 Å². The minimum absolute atomic E-state index is 0.00810. The van der Waals surface area contributed by atoms with Crippen LogP contribution in [0, 0.1) is 0 Å². The molecule has 0 saturated carbocycles. The van der Waals surface area contributed by atoms with Gasteiger partial charge in [-0.25, -0.2) is 4.79 Å². The van der Waals surface area contributed by atoms with Crippen LogP contribution in [0.3, 0.4) is 0 Å². The number of nitrogens with zero attached hydrogens (tertiary/aromatic N) is 2. The molecule has 162 valence electrons. The molecule has 30 heavy (non-hydrogen) atoms. The minimum Gasteiger partial charge on any atom is -0.506 e. The van der Waals surface area contributed by atoms with Crippen LogP contribution < -0.4 is 4.87 Å². The molecule has 0 unspecified atom stereocenters. The highest BCUT2D eigenvalue weighted by molar-refractivity contribution is 7.16. The number of carboxylic acid groups (broad SMARTS) is 1. The molecule has 0 spiro atoms. The van der Waals surface area contributed by atoms with Gasteiger partial charge in [-0.05, 0) is 37.0 Å². The van der Waals surface area contributed by atoms with E-state index in [1.165, 1.54) is 17.0 Å². The van der Waals surface area contributed by atoms with Crippen LogP contribution in [-0.4, -0.2) is 75.9 Å². The van der Waals surface area contributed by atoms with E-state index in [1.807, 2.05) is 0 Å². The number of amides is 2. The maximum Gasteiger partial charge on any atom is 0.407 e. The van der Waals surface area contributed by atoms with E-state index in [-0.39, 0.29) is 42.2 Å². The monoisotopic (exact) mass is 435 g/mol. The summed E-state index contributed by atoms with van der Waals surface area (Å²) in [5.41, 5.74) is 1.15. The zero-order valence-electron chi connectivity index (χ0n) is 16.5. The number of thiazole rings is 1. The number of phenolic OH excluding ortho intramolecular Hbond substituents is 1.